The molecule has 0 aliphatic carbocycles. The fraction of sp³-hybridized carbons (Fsp3) is 0.667. The molecule has 0 bridgehead atoms. The van der Waals surface area contributed by atoms with Gasteiger partial charge in [0.05, 0.1) is 0 Å². The molecule has 0 radical (unpaired) electrons. The molecule has 0 rings (SSSR count). The third-order valence-electron chi connectivity index (χ3n) is 0.407. The van der Waals surface area contributed by atoms with Crippen LogP contribution in [0.1, 0.15) is 6.92 Å². The van der Waals surface area contributed by atoms with E-state index >= 15 is 0 Å². The second-order valence-electron chi connectivity index (χ2n) is 0.899. The van der Waals surface area contributed by atoms with Gasteiger partial charge >= 0.3 is 37.4 Å². The number of rotatable bonds is 1. The molecule has 0 saturated heterocycles. The van der Waals surface area contributed by atoms with Gasteiger partial charge in [0.2, 0.25) is 0 Å². The van der Waals surface area contributed by atoms with Crippen LogP contribution in [-0.2, 0) is 4.79 Å². The second kappa shape index (κ2) is 2.44. The van der Waals surface area contributed by atoms with Crippen LogP contribution in [0, 0.1) is 0 Å². The normalized spacial score (nSPS) is 6.00. The standard InChI is InChI=1S/C2H3O.CH3.Al/c1-2-3;;/h1H3;1H3;/q;;+1. The predicted octanol–water partition coefficient (Wildman–Crippen LogP) is 0.285. The average Bonchev–Trinajstić information content (AvgIpc) is 1.38. The minimum atomic E-state index is 0.0926. The fourth-order valence-corrected chi connectivity index (χ4v) is 0. The topological polar surface area (TPSA) is 17.1 Å². The van der Waals surface area contributed by atoms with Crippen molar-refractivity contribution >= 4 is 19.9 Å². The molecule has 0 fully saturated rings. The van der Waals surface area contributed by atoms with Gasteiger partial charge in [-0.3, -0.25) is 0 Å². The van der Waals surface area contributed by atoms with Gasteiger partial charge in [0, 0.05) is 0 Å². The van der Waals surface area contributed by atoms with Gasteiger partial charge in [-0.05, 0) is 0 Å². The first-order chi connectivity index (χ1) is 2.27. The molecule has 0 unspecified atom stereocenters. The fourth-order valence-electron chi connectivity index (χ4n) is 0. The number of carbonyl (C=O) groups excluding carboxylic acids is 1. The maximum atomic E-state index is 9.85. The zero-order valence-corrected chi connectivity index (χ0v) is 4.64. The van der Waals surface area contributed by atoms with E-state index in [4.69, 9.17) is 0 Å². The summed E-state index contributed by atoms with van der Waals surface area (Å²) in [6.45, 7) is 1.62. The van der Waals surface area contributed by atoms with Crippen LogP contribution in [-0.4, -0.2) is 19.9 Å². The third kappa shape index (κ3) is 4.20. The van der Waals surface area contributed by atoms with Crippen molar-refractivity contribution in [2.75, 3.05) is 0 Å². The molecule has 0 aliphatic heterocycles. The molecule has 2 heteroatoms. The molecule has 0 aromatic rings. The molecule has 5 heavy (non-hydrogen) atoms. The van der Waals surface area contributed by atoms with Crippen LogP contribution in [0.15, 0.2) is 0 Å². The molecular weight excluding hydrogens is 79.0 g/mol. The molecule has 1 nitrogen and oxygen atoms in total. The Morgan fingerprint density at radius 2 is 2.00 bits per heavy atom. The molecular formula is C3H6AlO+. The number of carbonyl (C=O) groups is 1. The van der Waals surface area contributed by atoms with E-state index in [1.165, 1.54) is 0 Å². The van der Waals surface area contributed by atoms with Crippen LogP contribution < -0.4 is 0 Å². The van der Waals surface area contributed by atoms with Crippen LogP contribution in [0.5, 0.6) is 0 Å². The molecule has 0 aliphatic rings. The van der Waals surface area contributed by atoms with E-state index in [0.29, 0.717) is 4.65 Å². The molecule has 0 spiro atoms. The number of hydrogen-bond donors (Lipinski definition) is 0. The van der Waals surface area contributed by atoms with Gasteiger partial charge in [-0.1, -0.05) is 0 Å². The molecule has 0 heterocycles. The Kier molecular flexibility index (Phi) is 2.54. The molecule has 0 aromatic heterocycles. The quantitative estimate of drug-likeness (QED) is 0.418. The van der Waals surface area contributed by atoms with E-state index in [1.807, 2.05) is 5.79 Å². The Morgan fingerprint density at radius 1 is 1.80 bits per heavy atom. The van der Waals surface area contributed by atoms with Gasteiger partial charge in [-0.2, -0.15) is 0 Å². The molecule has 0 saturated carbocycles. The van der Waals surface area contributed by atoms with Gasteiger partial charge in [0.25, 0.3) is 0 Å². The molecule has 0 aromatic carbocycles. The minimum absolute atomic E-state index is 0.0926. The van der Waals surface area contributed by atoms with E-state index in [2.05, 4.69) is 0 Å². The van der Waals surface area contributed by atoms with Crippen molar-refractivity contribution in [2.24, 2.45) is 0 Å². The van der Waals surface area contributed by atoms with Crippen LogP contribution in [0.3, 0.4) is 0 Å². The summed E-state index contributed by atoms with van der Waals surface area (Å²) < 4.78 is 0.338. The number of hydrogen-bond acceptors (Lipinski definition) is 1. The Hall–Kier alpha value is 0.202. The molecule has 0 atom stereocenters. The summed E-state index contributed by atoms with van der Waals surface area (Å²) in [6.07, 6.45) is 0. The SMILES string of the molecule is [CH3][Al+][C](C)=O. The van der Waals surface area contributed by atoms with Gasteiger partial charge in [-0.15, -0.1) is 0 Å². The Bertz CT molecular complexity index is 42.2. The van der Waals surface area contributed by atoms with Gasteiger partial charge in [-0.25, -0.2) is 0 Å². The van der Waals surface area contributed by atoms with E-state index in [1.54, 1.807) is 6.92 Å². The zero-order valence-electron chi connectivity index (χ0n) is 3.49. The summed E-state index contributed by atoms with van der Waals surface area (Å²) >= 11 is 0.0926. The summed E-state index contributed by atoms with van der Waals surface area (Å²) in [5, 5.41) is 0. The second-order valence-corrected chi connectivity index (χ2v) is 2.29. The van der Waals surface area contributed by atoms with Crippen LogP contribution in [0.2, 0.25) is 5.79 Å². The first-order valence-corrected chi connectivity index (χ1v) is 3.30. The first-order valence-electron chi connectivity index (χ1n) is 1.57. The summed E-state index contributed by atoms with van der Waals surface area (Å²) in [7, 11) is 0. The van der Waals surface area contributed by atoms with Crippen molar-refractivity contribution in [3.63, 3.8) is 0 Å². The summed E-state index contributed by atoms with van der Waals surface area (Å²) in [5.74, 6) is 1.93. The van der Waals surface area contributed by atoms with Crippen molar-refractivity contribution in [3.05, 3.63) is 0 Å². The van der Waals surface area contributed by atoms with Crippen LogP contribution in [0.25, 0.3) is 0 Å². The zero-order chi connectivity index (χ0) is 4.28. The predicted molar refractivity (Wildman–Crippen MR) is 22.3 cm³/mol. The van der Waals surface area contributed by atoms with E-state index in [-0.39, 0.29) is 15.2 Å². The van der Waals surface area contributed by atoms with Crippen molar-refractivity contribution < 1.29 is 4.79 Å². The van der Waals surface area contributed by atoms with Crippen LogP contribution in [0.4, 0.5) is 0 Å². The Morgan fingerprint density at radius 3 is 2.00 bits per heavy atom. The first kappa shape index (κ1) is 5.20. The van der Waals surface area contributed by atoms with E-state index in [9.17, 15) is 4.79 Å². The Labute approximate surface area is 38.1 Å². The summed E-state index contributed by atoms with van der Waals surface area (Å²) in [4.78, 5) is 9.85. The van der Waals surface area contributed by atoms with Crippen LogP contribution >= 0.6 is 0 Å². The average molecular weight is 85.1 g/mol. The molecule has 26 valence electrons. The van der Waals surface area contributed by atoms with Crippen molar-refractivity contribution in [1.29, 1.82) is 0 Å². The van der Waals surface area contributed by atoms with Crippen molar-refractivity contribution in [3.8, 4) is 0 Å². The van der Waals surface area contributed by atoms with E-state index in [0.717, 1.165) is 0 Å². The van der Waals surface area contributed by atoms with E-state index < -0.39 is 0 Å². The Balaban J connectivity index is 2.85. The van der Waals surface area contributed by atoms with Crippen molar-refractivity contribution in [1.82, 2.24) is 0 Å². The maximum absolute atomic E-state index is 9.85. The molecule has 0 amide bonds. The summed E-state index contributed by atoms with van der Waals surface area (Å²) in [6, 6.07) is 0. The monoisotopic (exact) mass is 85.0 g/mol. The van der Waals surface area contributed by atoms with Gasteiger partial charge < -0.3 is 0 Å². The summed E-state index contributed by atoms with van der Waals surface area (Å²) in [5.41, 5.74) is 0. The third-order valence-corrected chi connectivity index (χ3v) is 1.22. The molecule has 0 N–H and O–H groups in total. The van der Waals surface area contributed by atoms with Crippen molar-refractivity contribution in [2.45, 2.75) is 12.7 Å². The van der Waals surface area contributed by atoms with Gasteiger partial charge in [0.1, 0.15) is 0 Å². The van der Waals surface area contributed by atoms with Gasteiger partial charge in [0.15, 0.2) is 0 Å².